The van der Waals surface area contributed by atoms with Crippen molar-refractivity contribution >= 4 is 27.5 Å². The van der Waals surface area contributed by atoms with Gasteiger partial charge in [-0.3, -0.25) is 0 Å². The van der Waals surface area contributed by atoms with E-state index in [4.69, 9.17) is 16.3 Å². The van der Waals surface area contributed by atoms with E-state index in [-0.39, 0.29) is 5.02 Å². The Bertz CT molecular complexity index is 646. The van der Waals surface area contributed by atoms with Crippen LogP contribution in [0.3, 0.4) is 0 Å². The second-order valence-corrected chi connectivity index (χ2v) is 5.62. The number of ether oxygens (including phenoxy) is 1. The molecule has 0 fully saturated rings. The third-order valence-electron chi connectivity index (χ3n) is 3.08. The molecule has 2 aromatic carbocycles. The van der Waals surface area contributed by atoms with Crippen LogP contribution in [-0.4, -0.2) is 12.2 Å². The van der Waals surface area contributed by atoms with Crippen LogP contribution in [0.15, 0.2) is 34.8 Å². The highest BCUT2D eigenvalue weighted by Crippen LogP contribution is 2.37. The summed E-state index contributed by atoms with van der Waals surface area (Å²) in [5.74, 6) is -0.0353. The maximum Gasteiger partial charge on any atom is 0.142 e. The van der Waals surface area contributed by atoms with E-state index >= 15 is 0 Å². The molecule has 5 heteroatoms. The number of aliphatic hydroxyl groups excluding tert-OH is 1. The maximum absolute atomic E-state index is 13.5. The first-order chi connectivity index (χ1) is 9.45. The van der Waals surface area contributed by atoms with Crippen LogP contribution in [0.5, 0.6) is 5.75 Å². The summed E-state index contributed by atoms with van der Waals surface area (Å²) < 4.78 is 19.6. The molecular formula is C15H13BrClFO2. The number of hydrogen-bond donors (Lipinski definition) is 1. The summed E-state index contributed by atoms with van der Waals surface area (Å²) in [6.07, 6.45) is -1.06. The van der Waals surface area contributed by atoms with Gasteiger partial charge in [-0.2, -0.15) is 0 Å². The van der Waals surface area contributed by atoms with Crippen molar-refractivity contribution in [3.05, 3.63) is 62.3 Å². The van der Waals surface area contributed by atoms with Gasteiger partial charge in [0.1, 0.15) is 17.7 Å². The summed E-state index contributed by atoms with van der Waals surface area (Å²) in [7, 11) is 1.52. The van der Waals surface area contributed by atoms with Gasteiger partial charge in [0, 0.05) is 15.6 Å². The van der Waals surface area contributed by atoms with Gasteiger partial charge in [0.15, 0.2) is 0 Å². The Morgan fingerprint density at radius 2 is 2.00 bits per heavy atom. The summed E-state index contributed by atoms with van der Waals surface area (Å²) in [5.41, 5.74) is 1.81. The Kier molecular flexibility index (Phi) is 4.68. The smallest absolute Gasteiger partial charge is 0.142 e. The van der Waals surface area contributed by atoms with Gasteiger partial charge in [-0.15, -0.1) is 0 Å². The predicted octanol–water partition coefficient (Wildman–Crippen LogP) is 4.64. The summed E-state index contributed by atoms with van der Waals surface area (Å²) in [6.45, 7) is 1.91. The zero-order chi connectivity index (χ0) is 14.9. The van der Waals surface area contributed by atoms with Crippen molar-refractivity contribution in [3.63, 3.8) is 0 Å². The van der Waals surface area contributed by atoms with E-state index in [9.17, 15) is 9.50 Å². The molecule has 2 rings (SSSR count). The molecule has 1 unspecified atom stereocenters. The molecule has 2 nitrogen and oxygen atoms in total. The summed E-state index contributed by atoms with van der Waals surface area (Å²) in [5, 5.41) is 10.4. The van der Waals surface area contributed by atoms with Gasteiger partial charge in [0.25, 0.3) is 0 Å². The lowest BCUT2D eigenvalue weighted by Gasteiger charge is -2.18. The van der Waals surface area contributed by atoms with Crippen molar-refractivity contribution in [3.8, 4) is 5.75 Å². The number of aryl methyl sites for hydroxylation is 1. The van der Waals surface area contributed by atoms with E-state index in [0.29, 0.717) is 16.9 Å². The van der Waals surface area contributed by atoms with Gasteiger partial charge < -0.3 is 9.84 Å². The minimum Gasteiger partial charge on any atom is -0.496 e. The van der Waals surface area contributed by atoms with Crippen LogP contribution < -0.4 is 4.74 Å². The minimum atomic E-state index is -1.06. The van der Waals surface area contributed by atoms with Crippen LogP contribution in [0.25, 0.3) is 0 Å². The first kappa shape index (κ1) is 15.3. The van der Waals surface area contributed by atoms with E-state index in [0.717, 1.165) is 10.0 Å². The number of aliphatic hydroxyl groups is 1. The summed E-state index contributed by atoms with van der Waals surface area (Å²) in [6, 6.07) is 7.90. The fraction of sp³-hybridized carbons (Fsp3) is 0.200. The lowest BCUT2D eigenvalue weighted by molar-refractivity contribution is 0.214. The van der Waals surface area contributed by atoms with Crippen LogP contribution in [0, 0.1) is 12.7 Å². The molecule has 0 heterocycles. The molecule has 20 heavy (non-hydrogen) atoms. The third-order valence-corrected chi connectivity index (χ3v) is 4.33. The summed E-state index contributed by atoms with van der Waals surface area (Å²) in [4.78, 5) is 0. The Morgan fingerprint density at radius 1 is 1.30 bits per heavy atom. The largest absolute Gasteiger partial charge is 0.496 e. The molecule has 106 valence electrons. The van der Waals surface area contributed by atoms with E-state index in [2.05, 4.69) is 15.9 Å². The molecule has 0 spiro atoms. The van der Waals surface area contributed by atoms with Crippen molar-refractivity contribution in [1.82, 2.24) is 0 Å². The number of halogens is 3. The number of hydrogen-bond acceptors (Lipinski definition) is 2. The molecule has 0 aliphatic carbocycles. The Hall–Kier alpha value is -1.10. The van der Waals surface area contributed by atoms with E-state index < -0.39 is 11.9 Å². The molecule has 0 aliphatic rings. The Balaban J connectivity index is 2.55. The van der Waals surface area contributed by atoms with Crippen LogP contribution in [0.1, 0.15) is 22.8 Å². The molecular weight excluding hydrogens is 347 g/mol. The molecule has 0 aliphatic heterocycles. The molecule has 1 atom stereocenters. The van der Waals surface area contributed by atoms with Gasteiger partial charge in [-0.25, -0.2) is 4.39 Å². The zero-order valence-corrected chi connectivity index (χ0v) is 13.3. The molecule has 0 saturated heterocycles. The number of rotatable bonds is 3. The van der Waals surface area contributed by atoms with Gasteiger partial charge in [0.2, 0.25) is 0 Å². The second kappa shape index (κ2) is 6.12. The number of benzene rings is 2. The lowest BCUT2D eigenvalue weighted by Crippen LogP contribution is -2.04. The Morgan fingerprint density at radius 3 is 2.65 bits per heavy atom. The zero-order valence-electron chi connectivity index (χ0n) is 11.0. The van der Waals surface area contributed by atoms with E-state index in [1.54, 1.807) is 18.2 Å². The normalized spacial score (nSPS) is 12.3. The average Bonchev–Trinajstić information content (AvgIpc) is 2.43. The molecule has 0 radical (unpaired) electrons. The summed E-state index contributed by atoms with van der Waals surface area (Å²) >= 11 is 9.33. The topological polar surface area (TPSA) is 29.5 Å². The quantitative estimate of drug-likeness (QED) is 0.865. The van der Waals surface area contributed by atoms with Crippen LogP contribution >= 0.6 is 27.5 Å². The minimum absolute atomic E-state index is 0.0845. The highest BCUT2D eigenvalue weighted by atomic mass is 79.9. The first-order valence-electron chi connectivity index (χ1n) is 5.91. The monoisotopic (exact) mass is 358 g/mol. The molecule has 2 aromatic rings. The molecule has 0 amide bonds. The van der Waals surface area contributed by atoms with Crippen molar-refractivity contribution in [2.75, 3.05) is 7.11 Å². The average molecular weight is 360 g/mol. The molecule has 0 bridgehead atoms. The Labute approximate surface area is 130 Å². The van der Waals surface area contributed by atoms with Gasteiger partial charge in [-0.05, 0) is 30.7 Å². The first-order valence-corrected chi connectivity index (χ1v) is 7.08. The third kappa shape index (κ3) is 2.82. The molecule has 0 saturated carbocycles. The van der Waals surface area contributed by atoms with E-state index in [1.165, 1.54) is 19.2 Å². The van der Waals surface area contributed by atoms with Crippen molar-refractivity contribution in [2.24, 2.45) is 0 Å². The SMILES string of the molecule is COc1cc(C)c(Br)cc1C(O)c1cccc(F)c1Cl. The lowest BCUT2D eigenvalue weighted by atomic mass is 9.99. The van der Waals surface area contributed by atoms with Crippen molar-refractivity contribution in [2.45, 2.75) is 13.0 Å². The highest BCUT2D eigenvalue weighted by molar-refractivity contribution is 9.10. The maximum atomic E-state index is 13.5. The van der Waals surface area contributed by atoms with Crippen molar-refractivity contribution < 1.29 is 14.2 Å². The predicted molar refractivity (Wildman–Crippen MR) is 80.9 cm³/mol. The van der Waals surface area contributed by atoms with Crippen LogP contribution in [0.2, 0.25) is 5.02 Å². The fourth-order valence-electron chi connectivity index (χ4n) is 1.96. The fourth-order valence-corrected chi connectivity index (χ4v) is 2.55. The van der Waals surface area contributed by atoms with Crippen molar-refractivity contribution in [1.29, 1.82) is 0 Å². The van der Waals surface area contributed by atoms with E-state index in [1.807, 2.05) is 6.92 Å². The standard InChI is InChI=1S/C15H13BrClFO2/c1-8-6-13(20-2)10(7-11(8)16)15(19)9-4-3-5-12(18)14(9)17/h3-7,15,19H,1-2H3. The molecule has 0 aromatic heterocycles. The second-order valence-electron chi connectivity index (χ2n) is 4.39. The van der Waals surface area contributed by atoms with Gasteiger partial charge >= 0.3 is 0 Å². The number of methoxy groups -OCH3 is 1. The molecule has 1 N–H and O–H groups in total. The van der Waals surface area contributed by atoms with Crippen LogP contribution in [0.4, 0.5) is 4.39 Å². The van der Waals surface area contributed by atoms with Gasteiger partial charge in [-0.1, -0.05) is 39.7 Å². The van der Waals surface area contributed by atoms with Gasteiger partial charge in [0.05, 0.1) is 12.1 Å². The highest BCUT2D eigenvalue weighted by Gasteiger charge is 2.20. The van der Waals surface area contributed by atoms with Crippen LogP contribution in [-0.2, 0) is 0 Å².